The molecule has 2 nitrogen and oxygen atoms in total. The summed E-state index contributed by atoms with van der Waals surface area (Å²) in [5, 5.41) is 0. The molecule has 0 radical (unpaired) electrons. The number of piperidine rings is 1. The van der Waals surface area contributed by atoms with Crippen molar-refractivity contribution in [2.75, 3.05) is 6.54 Å². The summed E-state index contributed by atoms with van der Waals surface area (Å²) >= 11 is 0. The van der Waals surface area contributed by atoms with Crippen LogP contribution >= 0.6 is 9.39 Å². The van der Waals surface area contributed by atoms with E-state index in [1.807, 2.05) is 0 Å². The van der Waals surface area contributed by atoms with E-state index in [1.54, 1.807) is 0 Å². The van der Waals surface area contributed by atoms with E-state index in [9.17, 15) is 4.79 Å². The standard InChI is InChI=1S/C14H28NOP/c1-5-7-8-10-14(4)11-9-13(16)12(3)15(14,17)6-2/h7,12H,5-6,8-11,17H2,1-4H3. The molecule has 17 heavy (non-hydrogen) atoms. The van der Waals surface area contributed by atoms with Gasteiger partial charge in [-0.3, -0.25) is 4.79 Å². The third kappa shape index (κ3) is 2.74. The van der Waals surface area contributed by atoms with E-state index in [0.717, 1.165) is 30.1 Å². The van der Waals surface area contributed by atoms with Gasteiger partial charge in [0.15, 0.2) is 5.78 Å². The number of likely N-dealkylation sites (tertiary alicyclic amines) is 1. The maximum absolute atomic E-state index is 11.9. The predicted octanol–water partition coefficient (Wildman–Crippen LogP) is 3.52. The highest BCUT2D eigenvalue weighted by Gasteiger charge is 2.51. The molecule has 1 heterocycles. The Morgan fingerprint density at radius 3 is 2.71 bits per heavy atom. The monoisotopic (exact) mass is 257 g/mol. The van der Waals surface area contributed by atoms with Gasteiger partial charge in [0.25, 0.3) is 0 Å². The minimum Gasteiger partial charge on any atom is -0.329 e. The van der Waals surface area contributed by atoms with Gasteiger partial charge in [0.1, 0.15) is 6.04 Å². The summed E-state index contributed by atoms with van der Waals surface area (Å²) in [4.78, 5) is 11.9. The fourth-order valence-electron chi connectivity index (χ4n) is 3.14. The number of hydrogen-bond acceptors (Lipinski definition) is 1. The van der Waals surface area contributed by atoms with E-state index in [0.29, 0.717) is 5.78 Å². The fourth-order valence-corrected chi connectivity index (χ4v) is 3.56. The van der Waals surface area contributed by atoms with Crippen LogP contribution in [0.1, 0.15) is 59.8 Å². The van der Waals surface area contributed by atoms with Gasteiger partial charge < -0.3 is 10.7 Å². The van der Waals surface area contributed by atoms with E-state index in [1.165, 1.54) is 12.8 Å². The lowest BCUT2D eigenvalue weighted by Gasteiger charge is -2.55. The molecule has 0 aromatic rings. The lowest BCUT2D eigenvalue weighted by molar-refractivity contribution is -0.871. The van der Waals surface area contributed by atoms with Crippen LogP contribution in [0.2, 0.25) is 0 Å². The number of carbonyl (C=O) groups is 1. The topological polar surface area (TPSA) is 17.1 Å². The van der Waals surface area contributed by atoms with Gasteiger partial charge in [-0.15, -0.1) is 0 Å². The number of hydrogen-bond donors (Lipinski definition) is 0. The van der Waals surface area contributed by atoms with Crippen molar-refractivity contribution in [2.45, 2.75) is 71.4 Å². The molecule has 0 spiro atoms. The Balaban J connectivity index is 2.84. The Kier molecular flexibility index (Phi) is 5.16. The number of nitrogens with zero attached hydrogens (tertiary/aromatic N) is 1. The van der Waals surface area contributed by atoms with Crippen molar-refractivity contribution in [1.82, 2.24) is 0 Å². The molecule has 4 unspecified atom stereocenters. The average Bonchev–Trinajstić information content (AvgIpc) is 2.32. The molecule has 0 aromatic carbocycles. The minimum atomic E-state index is 0.130. The molecule has 1 aliphatic heterocycles. The van der Waals surface area contributed by atoms with Crippen molar-refractivity contribution < 1.29 is 9.05 Å². The highest BCUT2D eigenvalue weighted by Crippen LogP contribution is 2.44. The lowest BCUT2D eigenvalue weighted by atomic mass is 9.80. The van der Waals surface area contributed by atoms with Gasteiger partial charge in [-0.25, -0.2) is 0 Å². The molecule has 0 bridgehead atoms. The van der Waals surface area contributed by atoms with Gasteiger partial charge in [0.2, 0.25) is 0 Å². The number of likely N-dealkylation sites (N-methyl/N-ethyl adjacent to an activating group) is 1. The van der Waals surface area contributed by atoms with E-state index in [2.05, 4.69) is 43.5 Å². The van der Waals surface area contributed by atoms with Crippen LogP contribution in [-0.2, 0) is 4.79 Å². The number of quaternary nitrogens is 1. The number of Topliss-reactive ketones (excluding diaryl/α,β-unsaturated/α-hetero) is 1. The molecule has 1 rings (SSSR count). The van der Waals surface area contributed by atoms with E-state index in [-0.39, 0.29) is 11.6 Å². The SMILES string of the molecule is CC[CH-]CCC1(C)CCC(=O)C(C)[N+]1(P)CC. The van der Waals surface area contributed by atoms with Gasteiger partial charge in [0, 0.05) is 12.8 Å². The normalized spacial score (nSPS) is 38.4. The Labute approximate surface area is 109 Å². The molecule has 4 atom stereocenters. The summed E-state index contributed by atoms with van der Waals surface area (Å²) in [6.07, 6.45) is 7.66. The first-order valence-corrected chi connectivity index (χ1v) is 7.43. The molecular weight excluding hydrogens is 229 g/mol. The highest BCUT2D eigenvalue weighted by molar-refractivity contribution is 7.09. The Morgan fingerprint density at radius 1 is 1.53 bits per heavy atom. The van der Waals surface area contributed by atoms with Gasteiger partial charge in [-0.05, 0) is 27.2 Å². The van der Waals surface area contributed by atoms with Crippen molar-refractivity contribution >= 4 is 15.2 Å². The van der Waals surface area contributed by atoms with Crippen LogP contribution in [0.3, 0.4) is 0 Å². The summed E-state index contributed by atoms with van der Waals surface area (Å²) in [6.45, 7) is 9.86. The van der Waals surface area contributed by atoms with Crippen molar-refractivity contribution in [1.29, 1.82) is 0 Å². The Bertz CT molecular complexity index is 281. The molecular formula is C14H28NOP. The van der Waals surface area contributed by atoms with Crippen molar-refractivity contribution in [2.24, 2.45) is 0 Å². The smallest absolute Gasteiger partial charge is 0.189 e. The number of rotatable bonds is 5. The van der Waals surface area contributed by atoms with Crippen molar-refractivity contribution in [3.05, 3.63) is 6.42 Å². The summed E-state index contributed by atoms with van der Waals surface area (Å²) in [7, 11) is 2.99. The molecule has 100 valence electrons. The number of unbranched alkanes of at least 4 members (excludes halogenated alkanes) is 2. The van der Waals surface area contributed by atoms with E-state index < -0.39 is 0 Å². The molecule has 1 saturated heterocycles. The zero-order valence-corrected chi connectivity index (χ0v) is 13.0. The number of ketones is 1. The van der Waals surface area contributed by atoms with Crippen molar-refractivity contribution in [3.63, 3.8) is 0 Å². The molecule has 0 saturated carbocycles. The Hall–Kier alpha value is 0.0600. The molecule has 3 heteroatoms. The average molecular weight is 257 g/mol. The third-order valence-electron chi connectivity index (χ3n) is 4.77. The largest absolute Gasteiger partial charge is 0.329 e. The molecule has 0 aromatic heterocycles. The van der Waals surface area contributed by atoms with Gasteiger partial charge in [0.05, 0.1) is 21.5 Å². The molecule has 1 fully saturated rings. The first-order valence-electron chi connectivity index (χ1n) is 6.92. The maximum atomic E-state index is 11.9. The maximum Gasteiger partial charge on any atom is 0.189 e. The highest BCUT2D eigenvalue weighted by atomic mass is 31.0. The van der Waals surface area contributed by atoms with E-state index in [4.69, 9.17) is 0 Å². The summed E-state index contributed by atoms with van der Waals surface area (Å²) in [5.74, 6) is 0.429. The summed E-state index contributed by atoms with van der Waals surface area (Å²) in [6, 6.07) is 0.130. The fraction of sp³-hybridized carbons (Fsp3) is 0.857. The minimum absolute atomic E-state index is 0.130. The van der Waals surface area contributed by atoms with Crippen LogP contribution in [0, 0.1) is 6.42 Å². The van der Waals surface area contributed by atoms with Crippen molar-refractivity contribution in [3.8, 4) is 0 Å². The molecule has 0 aliphatic carbocycles. The van der Waals surface area contributed by atoms with Crippen LogP contribution < -0.4 is 0 Å². The van der Waals surface area contributed by atoms with E-state index >= 15 is 0 Å². The molecule has 0 amide bonds. The van der Waals surface area contributed by atoms with Crippen LogP contribution in [0.4, 0.5) is 0 Å². The Morgan fingerprint density at radius 2 is 2.18 bits per heavy atom. The van der Waals surface area contributed by atoms with Gasteiger partial charge in [-0.1, -0.05) is 6.92 Å². The van der Waals surface area contributed by atoms with Crippen LogP contribution in [-0.4, -0.2) is 28.2 Å². The molecule has 0 N–H and O–H groups in total. The van der Waals surface area contributed by atoms with Crippen LogP contribution in [0.5, 0.6) is 0 Å². The third-order valence-corrected chi connectivity index (χ3v) is 6.21. The second kappa shape index (κ2) is 5.80. The zero-order chi connectivity index (χ0) is 13.1. The van der Waals surface area contributed by atoms with Gasteiger partial charge in [-0.2, -0.15) is 12.8 Å². The summed E-state index contributed by atoms with van der Waals surface area (Å²) < 4.78 is 0.837. The quantitative estimate of drug-likeness (QED) is 0.418. The first-order chi connectivity index (χ1) is 7.91. The van der Waals surface area contributed by atoms with Gasteiger partial charge >= 0.3 is 0 Å². The second-order valence-corrected chi connectivity index (χ2v) is 6.54. The summed E-state index contributed by atoms with van der Waals surface area (Å²) in [5.41, 5.74) is 0.235. The lowest BCUT2D eigenvalue weighted by Crippen LogP contribution is -2.65. The predicted molar refractivity (Wildman–Crippen MR) is 76.4 cm³/mol. The zero-order valence-electron chi connectivity index (χ0n) is 11.8. The van der Waals surface area contributed by atoms with Crippen LogP contribution in [0.25, 0.3) is 0 Å². The first kappa shape index (κ1) is 15.1. The van der Waals surface area contributed by atoms with Crippen LogP contribution in [0.15, 0.2) is 0 Å². The second-order valence-electron chi connectivity index (χ2n) is 5.62. The number of carbonyl (C=O) groups excluding carboxylic acids is 1. The molecule has 1 aliphatic rings.